The van der Waals surface area contributed by atoms with Crippen molar-refractivity contribution in [3.8, 4) is 0 Å². The number of methoxy groups -OCH3 is 1. The summed E-state index contributed by atoms with van der Waals surface area (Å²) in [6.45, 7) is 5.48. The second-order valence-electron chi connectivity index (χ2n) is 5.00. The third-order valence-corrected chi connectivity index (χ3v) is 2.43. The minimum atomic E-state index is -1.05. The lowest BCUT2D eigenvalue weighted by atomic mass is 9.86. The Bertz CT molecular complexity index is 269. The number of carboxylic acid groups (broad SMARTS) is 1. The molecule has 6 heteroatoms. The molecule has 0 saturated carbocycles. The van der Waals surface area contributed by atoms with E-state index < -0.39 is 17.4 Å². The van der Waals surface area contributed by atoms with Crippen molar-refractivity contribution in [2.24, 2.45) is 11.1 Å². The highest BCUT2D eigenvalue weighted by Gasteiger charge is 2.32. The van der Waals surface area contributed by atoms with Gasteiger partial charge in [-0.2, -0.15) is 0 Å². The number of amides is 1. The van der Waals surface area contributed by atoms with Gasteiger partial charge in [0.15, 0.2) is 0 Å². The Morgan fingerprint density at radius 2 is 1.94 bits per heavy atom. The van der Waals surface area contributed by atoms with Crippen LogP contribution in [0, 0.1) is 5.41 Å². The van der Waals surface area contributed by atoms with Crippen LogP contribution < -0.4 is 11.1 Å². The molecule has 0 saturated heterocycles. The molecule has 2 atom stereocenters. The monoisotopic (exact) mass is 246 g/mol. The topological polar surface area (TPSA) is 102 Å². The van der Waals surface area contributed by atoms with E-state index in [0.29, 0.717) is 0 Å². The average Bonchev–Trinajstić information content (AvgIpc) is 2.20. The molecule has 0 heterocycles. The molecule has 1 unspecified atom stereocenters. The van der Waals surface area contributed by atoms with E-state index in [2.05, 4.69) is 5.32 Å². The summed E-state index contributed by atoms with van der Waals surface area (Å²) in [5.41, 5.74) is 4.84. The lowest BCUT2D eigenvalue weighted by Gasteiger charge is -2.28. The summed E-state index contributed by atoms with van der Waals surface area (Å²) in [6, 6.07) is -0.926. The van der Waals surface area contributed by atoms with Gasteiger partial charge in [-0.25, -0.2) is 4.79 Å². The van der Waals surface area contributed by atoms with Crippen LogP contribution in [-0.4, -0.2) is 42.8 Å². The van der Waals surface area contributed by atoms with Crippen molar-refractivity contribution in [2.75, 3.05) is 13.7 Å². The lowest BCUT2D eigenvalue weighted by molar-refractivity contribution is -0.145. The molecule has 6 nitrogen and oxygen atoms in total. The fraction of sp³-hybridized carbons (Fsp3) is 0.818. The molecule has 1 amide bonds. The number of carbonyl (C=O) groups excluding carboxylic acids is 1. The average molecular weight is 246 g/mol. The zero-order chi connectivity index (χ0) is 13.6. The number of nitrogens with two attached hydrogens (primary N) is 1. The van der Waals surface area contributed by atoms with Gasteiger partial charge in [0.1, 0.15) is 6.04 Å². The highest BCUT2D eigenvalue weighted by molar-refractivity contribution is 5.84. The SMILES string of the molecule is COC(CN)CC(=O)N[C@@H](C(=O)O)C(C)(C)C. The Labute approximate surface area is 102 Å². The van der Waals surface area contributed by atoms with Crippen molar-refractivity contribution < 1.29 is 19.4 Å². The first-order valence-corrected chi connectivity index (χ1v) is 5.47. The van der Waals surface area contributed by atoms with Crippen LogP contribution in [0.5, 0.6) is 0 Å². The van der Waals surface area contributed by atoms with E-state index in [0.717, 1.165) is 0 Å². The zero-order valence-electron chi connectivity index (χ0n) is 10.8. The van der Waals surface area contributed by atoms with Gasteiger partial charge in [0.2, 0.25) is 5.91 Å². The number of aliphatic carboxylic acids is 1. The smallest absolute Gasteiger partial charge is 0.326 e. The summed E-state index contributed by atoms with van der Waals surface area (Å²) in [4.78, 5) is 22.7. The van der Waals surface area contributed by atoms with E-state index in [4.69, 9.17) is 15.6 Å². The summed E-state index contributed by atoms with van der Waals surface area (Å²) in [5, 5.41) is 11.5. The van der Waals surface area contributed by atoms with Crippen molar-refractivity contribution in [2.45, 2.75) is 39.3 Å². The van der Waals surface area contributed by atoms with Crippen molar-refractivity contribution in [3.05, 3.63) is 0 Å². The fourth-order valence-corrected chi connectivity index (χ4v) is 1.34. The van der Waals surface area contributed by atoms with Gasteiger partial charge >= 0.3 is 5.97 Å². The van der Waals surface area contributed by atoms with Gasteiger partial charge in [-0.15, -0.1) is 0 Å². The zero-order valence-corrected chi connectivity index (χ0v) is 10.8. The van der Waals surface area contributed by atoms with E-state index in [-0.39, 0.29) is 25.0 Å². The second-order valence-corrected chi connectivity index (χ2v) is 5.00. The van der Waals surface area contributed by atoms with E-state index in [1.165, 1.54) is 7.11 Å². The van der Waals surface area contributed by atoms with Gasteiger partial charge in [-0.05, 0) is 5.41 Å². The predicted molar refractivity (Wildman–Crippen MR) is 63.5 cm³/mol. The molecule has 17 heavy (non-hydrogen) atoms. The summed E-state index contributed by atoms with van der Waals surface area (Å²) in [6.07, 6.45) is -0.322. The molecule has 0 aromatic heterocycles. The van der Waals surface area contributed by atoms with Crippen LogP contribution in [0.4, 0.5) is 0 Å². The Morgan fingerprint density at radius 1 is 1.41 bits per heavy atom. The number of nitrogens with one attached hydrogen (secondary N) is 1. The van der Waals surface area contributed by atoms with Crippen LogP contribution in [-0.2, 0) is 14.3 Å². The van der Waals surface area contributed by atoms with Gasteiger partial charge in [-0.1, -0.05) is 20.8 Å². The molecule has 4 N–H and O–H groups in total. The molecule has 0 aliphatic carbocycles. The molecule has 0 rings (SSSR count). The van der Waals surface area contributed by atoms with Crippen LogP contribution in [0.15, 0.2) is 0 Å². The Morgan fingerprint density at radius 3 is 2.24 bits per heavy atom. The van der Waals surface area contributed by atoms with Crippen LogP contribution >= 0.6 is 0 Å². The lowest BCUT2D eigenvalue weighted by Crippen LogP contribution is -2.50. The number of ether oxygens (including phenoxy) is 1. The highest BCUT2D eigenvalue weighted by Crippen LogP contribution is 2.19. The maximum atomic E-state index is 11.6. The number of hydrogen-bond acceptors (Lipinski definition) is 4. The normalized spacial score (nSPS) is 15.1. The molecule has 0 aliphatic heterocycles. The summed E-state index contributed by atoms with van der Waals surface area (Å²) in [7, 11) is 1.46. The maximum absolute atomic E-state index is 11.6. The molecule has 0 aliphatic rings. The van der Waals surface area contributed by atoms with E-state index in [9.17, 15) is 9.59 Å². The first-order valence-electron chi connectivity index (χ1n) is 5.47. The predicted octanol–water partition coefficient (Wildman–Crippen LogP) is -0.0343. The molecule has 0 aromatic rings. The first kappa shape index (κ1) is 15.9. The van der Waals surface area contributed by atoms with E-state index in [1.807, 2.05) is 0 Å². The first-order chi connectivity index (χ1) is 7.72. The molecule has 0 aromatic carbocycles. The summed E-state index contributed by atoms with van der Waals surface area (Å²) >= 11 is 0. The standard InChI is InChI=1S/C11H22N2O4/c1-11(2,3)9(10(15)16)13-8(14)5-7(6-12)17-4/h7,9H,5-6,12H2,1-4H3,(H,13,14)(H,15,16)/t7?,9-/m0/s1. The molecular formula is C11H22N2O4. The van der Waals surface area contributed by atoms with Crippen LogP contribution in [0.25, 0.3) is 0 Å². The second kappa shape index (κ2) is 6.56. The van der Waals surface area contributed by atoms with Crippen molar-refractivity contribution >= 4 is 11.9 Å². The van der Waals surface area contributed by atoms with Gasteiger partial charge in [0.05, 0.1) is 12.5 Å². The molecule has 100 valence electrons. The Kier molecular flexibility index (Phi) is 6.12. The molecule has 0 fully saturated rings. The molecular weight excluding hydrogens is 224 g/mol. The third-order valence-electron chi connectivity index (χ3n) is 2.43. The van der Waals surface area contributed by atoms with Crippen LogP contribution in [0.2, 0.25) is 0 Å². The number of carbonyl (C=O) groups is 2. The van der Waals surface area contributed by atoms with Gasteiger partial charge < -0.3 is 20.9 Å². The molecule has 0 radical (unpaired) electrons. The van der Waals surface area contributed by atoms with Crippen LogP contribution in [0.1, 0.15) is 27.2 Å². The third kappa shape index (κ3) is 5.65. The summed E-state index contributed by atoms with van der Waals surface area (Å²) in [5.74, 6) is -1.42. The van der Waals surface area contributed by atoms with E-state index >= 15 is 0 Å². The number of carboxylic acids is 1. The summed E-state index contributed by atoms with van der Waals surface area (Å²) < 4.78 is 4.96. The largest absolute Gasteiger partial charge is 0.480 e. The van der Waals surface area contributed by atoms with Crippen LogP contribution in [0.3, 0.4) is 0 Å². The number of hydrogen-bond donors (Lipinski definition) is 3. The van der Waals surface area contributed by atoms with Gasteiger partial charge in [0.25, 0.3) is 0 Å². The Balaban J connectivity index is 4.48. The van der Waals surface area contributed by atoms with Crippen molar-refractivity contribution in [1.82, 2.24) is 5.32 Å². The van der Waals surface area contributed by atoms with Crippen molar-refractivity contribution in [3.63, 3.8) is 0 Å². The van der Waals surface area contributed by atoms with Gasteiger partial charge in [-0.3, -0.25) is 4.79 Å². The minimum absolute atomic E-state index is 0.0624. The quantitative estimate of drug-likeness (QED) is 0.610. The maximum Gasteiger partial charge on any atom is 0.326 e. The Hall–Kier alpha value is -1.14. The van der Waals surface area contributed by atoms with Gasteiger partial charge in [0, 0.05) is 13.7 Å². The highest BCUT2D eigenvalue weighted by atomic mass is 16.5. The van der Waals surface area contributed by atoms with Crippen molar-refractivity contribution in [1.29, 1.82) is 0 Å². The van der Waals surface area contributed by atoms with E-state index in [1.54, 1.807) is 20.8 Å². The molecule has 0 bridgehead atoms. The fourth-order valence-electron chi connectivity index (χ4n) is 1.34. The minimum Gasteiger partial charge on any atom is -0.480 e. The molecule has 0 spiro atoms. The number of rotatable bonds is 6.